The van der Waals surface area contributed by atoms with Gasteiger partial charge < -0.3 is 15.5 Å². The van der Waals surface area contributed by atoms with Crippen LogP contribution in [0.25, 0.3) is 0 Å². The van der Waals surface area contributed by atoms with Gasteiger partial charge in [0.25, 0.3) is 0 Å². The van der Waals surface area contributed by atoms with Gasteiger partial charge >= 0.3 is 0 Å². The summed E-state index contributed by atoms with van der Waals surface area (Å²) in [6, 6.07) is 0.655. The zero-order chi connectivity index (χ0) is 12.0. The number of nitrogens with two attached hydrogens (primary N) is 1. The van der Waals surface area contributed by atoms with Crippen molar-refractivity contribution < 1.29 is 4.79 Å². The minimum Gasteiger partial charge on any atom is -0.346 e. The fourth-order valence-electron chi connectivity index (χ4n) is 2.29. The monoisotopic (exact) mass is 227 g/mol. The summed E-state index contributed by atoms with van der Waals surface area (Å²) in [5, 5.41) is 0. The topological polar surface area (TPSA) is 49.6 Å². The first-order chi connectivity index (χ1) is 7.65. The second kappa shape index (κ2) is 6.86. The van der Waals surface area contributed by atoms with E-state index in [9.17, 15) is 4.79 Å². The van der Waals surface area contributed by atoms with Crippen molar-refractivity contribution in [3.8, 4) is 0 Å². The lowest BCUT2D eigenvalue weighted by molar-refractivity contribution is -0.129. The molecule has 0 bridgehead atoms. The van der Waals surface area contributed by atoms with Crippen LogP contribution in [0.3, 0.4) is 0 Å². The molecule has 0 aromatic rings. The molecule has 0 radical (unpaired) electrons. The molecule has 4 heteroatoms. The Balaban J connectivity index is 2.24. The van der Waals surface area contributed by atoms with Crippen LogP contribution in [0.15, 0.2) is 0 Å². The van der Waals surface area contributed by atoms with E-state index in [4.69, 9.17) is 5.73 Å². The van der Waals surface area contributed by atoms with Crippen molar-refractivity contribution in [2.75, 3.05) is 33.7 Å². The van der Waals surface area contributed by atoms with Crippen LogP contribution in [-0.4, -0.2) is 55.5 Å². The number of carbonyl (C=O) groups is 1. The summed E-state index contributed by atoms with van der Waals surface area (Å²) in [6.07, 6.45) is 5.47. The highest BCUT2D eigenvalue weighted by Gasteiger charge is 2.19. The van der Waals surface area contributed by atoms with Gasteiger partial charge in [-0.25, -0.2) is 0 Å². The summed E-state index contributed by atoms with van der Waals surface area (Å²) in [4.78, 5) is 15.8. The Labute approximate surface area is 98.8 Å². The third-order valence-corrected chi connectivity index (χ3v) is 3.50. The molecular formula is C12H25N3O. The summed E-state index contributed by atoms with van der Waals surface area (Å²) < 4.78 is 0. The van der Waals surface area contributed by atoms with Crippen molar-refractivity contribution in [2.45, 2.75) is 38.1 Å². The fourth-order valence-corrected chi connectivity index (χ4v) is 2.29. The molecule has 0 saturated carbocycles. The van der Waals surface area contributed by atoms with Gasteiger partial charge in [0.15, 0.2) is 0 Å². The van der Waals surface area contributed by atoms with Gasteiger partial charge in [0, 0.05) is 32.6 Å². The molecule has 1 unspecified atom stereocenters. The van der Waals surface area contributed by atoms with E-state index in [-0.39, 0.29) is 5.91 Å². The minimum absolute atomic E-state index is 0.168. The molecule has 1 atom stereocenters. The lowest BCUT2D eigenvalue weighted by Crippen LogP contribution is -2.39. The van der Waals surface area contributed by atoms with Gasteiger partial charge in [-0.15, -0.1) is 0 Å². The second-order valence-corrected chi connectivity index (χ2v) is 4.77. The number of likely N-dealkylation sites (tertiary alicyclic amines) is 1. The van der Waals surface area contributed by atoms with Crippen molar-refractivity contribution >= 4 is 5.91 Å². The highest BCUT2D eigenvalue weighted by atomic mass is 16.2. The van der Waals surface area contributed by atoms with E-state index in [2.05, 4.69) is 11.9 Å². The van der Waals surface area contributed by atoms with E-state index in [1.54, 1.807) is 0 Å². The molecule has 1 saturated heterocycles. The predicted octanol–water partition coefficient (Wildman–Crippen LogP) is 0.668. The number of hydrogen-bond donors (Lipinski definition) is 1. The van der Waals surface area contributed by atoms with Gasteiger partial charge in [0.2, 0.25) is 5.91 Å². The Kier molecular flexibility index (Phi) is 5.77. The lowest BCUT2D eigenvalue weighted by Gasteiger charge is -2.33. The van der Waals surface area contributed by atoms with E-state index < -0.39 is 0 Å². The standard InChI is InChI=1S/C12H25N3O/c1-14-9-4-3-5-11(14)7-10-15(2)12(16)6-8-13/h11H,3-10,13H2,1-2H3. The molecule has 0 spiro atoms. The molecule has 1 aliphatic rings. The van der Waals surface area contributed by atoms with Gasteiger partial charge in [0.05, 0.1) is 0 Å². The van der Waals surface area contributed by atoms with Crippen LogP contribution >= 0.6 is 0 Å². The molecule has 16 heavy (non-hydrogen) atoms. The molecule has 4 nitrogen and oxygen atoms in total. The summed E-state index contributed by atoms with van der Waals surface area (Å²) in [5.41, 5.74) is 5.37. The van der Waals surface area contributed by atoms with Gasteiger partial charge in [-0.1, -0.05) is 6.42 Å². The van der Waals surface area contributed by atoms with Crippen LogP contribution in [0.4, 0.5) is 0 Å². The van der Waals surface area contributed by atoms with Crippen molar-refractivity contribution in [3.63, 3.8) is 0 Å². The molecule has 0 aromatic carbocycles. The smallest absolute Gasteiger partial charge is 0.223 e. The van der Waals surface area contributed by atoms with Crippen molar-refractivity contribution in [3.05, 3.63) is 0 Å². The van der Waals surface area contributed by atoms with Gasteiger partial charge in [-0.05, 0) is 32.9 Å². The normalized spacial score (nSPS) is 22.1. The number of carbonyl (C=O) groups excluding carboxylic acids is 1. The van der Waals surface area contributed by atoms with E-state index in [0.29, 0.717) is 19.0 Å². The first-order valence-corrected chi connectivity index (χ1v) is 6.29. The summed E-state index contributed by atoms with van der Waals surface area (Å²) >= 11 is 0. The Morgan fingerprint density at radius 2 is 2.25 bits per heavy atom. The number of nitrogens with zero attached hydrogens (tertiary/aromatic N) is 2. The maximum Gasteiger partial charge on any atom is 0.223 e. The van der Waals surface area contributed by atoms with Gasteiger partial charge in [-0.3, -0.25) is 4.79 Å². The average molecular weight is 227 g/mol. The quantitative estimate of drug-likeness (QED) is 0.751. The van der Waals surface area contributed by atoms with Crippen molar-refractivity contribution in [1.29, 1.82) is 0 Å². The van der Waals surface area contributed by atoms with Crippen LogP contribution in [0.5, 0.6) is 0 Å². The molecule has 1 amide bonds. The SMILES string of the molecule is CN(CCC1CCCCN1C)C(=O)CCN. The lowest BCUT2D eigenvalue weighted by atomic mass is 10.00. The Morgan fingerprint density at radius 3 is 2.88 bits per heavy atom. The molecule has 0 aromatic heterocycles. The fraction of sp³-hybridized carbons (Fsp3) is 0.917. The van der Waals surface area contributed by atoms with Crippen LogP contribution < -0.4 is 5.73 Å². The van der Waals surface area contributed by atoms with Crippen LogP contribution in [-0.2, 0) is 4.79 Å². The highest BCUT2D eigenvalue weighted by molar-refractivity contribution is 5.75. The van der Waals surface area contributed by atoms with Crippen molar-refractivity contribution in [2.24, 2.45) is 5.73 Å². The third kappa shape index (κ3) is 4.10. The number of hydrogen-bond acceptors (Lipinski definition) is 3. The summed E-state index contributed by atoms with van der Waals surface area (Å²) in [7, 11) is 4.06. The zero-order valence-corrected chi connectivity index (χ0v) is 10.6. The number of amides is 1. The Hall–Kier alpha value is -0.610. The summed E-state index contributed by atoms with van der Waals surface area (Å²) in [6.45, 7) is 2.51. The molecule has 2 N–H and O–H groups in total. The molecule has 0 aliphatic carbocycles. The van der Waals surface area contributed by atoms with E-state index in [1.807, 2.05) is 11.9 Å². The maximum atomic E-state index is 11.5. The third-order valence-electron chi connectivity index (χ3n) is 3.50. The molecule has 1 heterocycles. The predicted molar refractivity (Wildman–Crippen MR) is 66.2 cm³/mol. The molecule has 1 aliphatic heterocycles. The first kappa shape index (κ1) is 13.5. The molecule has 1 rings (SSSR count). The number of rotatable bonds is 5. The molecule has 1 fully saturated rings. The van der Waals surface area contributed by atoms with Gasteiger partial charge in [0.1, 0.15) is 0 Å². The Bertz CT molecular complexity index is 220. The van der Waals surface area contributed by atoms with Crippen LogP contribution in [0.1, 0.15) is 32.1 Å². The number of piperidine rings is 1. The minimum atomic E-state index is 0.168. The van der Waals surface area contributed by atoms with Gasteiger partial charge in [-0.2, -0.15) is 0 Å². The zero-order valence-electron chi connectivity index (χ0n) is 10.6. The van der Waals surface area contributed by atoms with E-state index in [1.165, 1.54) is 25.8 Å². The van der Waals surface area contributed by atoms with E-state index in [0.717, 1.165) is 13.0 Å². The maximum absolute atomic E-state index is 11.5. The Morgan fingerprint density at radius 1 is 1.50 bits per heavy atom. The summed E-state index contributed by atoms with van der Waals surface area (Å²) in [5.74, 6) is 0.168. The largest absolute Gasteiger partial charge is 0.346 e. The van der Waals surface area contributed by atoms with Crippen molar-refractivity contribution in [1.82, 2.24) is 9.80 Å². The average Bonchev–Trinajstić information content (AvgIpc) is 2.28. The second-order valence-electron chi connectivity index (χ2n) is 4.77. The van der Waals surface area contributed by atoms with E-state index >= 15 is 0 Å². The molecule has 94 valence electrons. The van der Waals surface area contributed by atoms with Crippen LogP contribution in [0.2, 0.25) is 0 Å². The van der Waals surface area contributed by atoms with Crippen LogP contribution in [0, 0.1) is 0 Å². The first-order valence-electron chi connectivity index (χ1n) is 6.29. The molecular weight excluding hydrogens is 202 g/mol. The highest BCUT2D eigenvalue weighted by Crippen LogP contribution is 2.17.